The van der Waals surface area contributed by atoms with E-state index in [0.717, 1.165) is 12.8 Å². The van der Waals surface area contributed by atoms with E-state index in [1.165, 1.54) is 10.6 Å². The highest BCUT2D eigenvalue weighted by Gasteiger charge is 2.27. The lowest BCUT2D eigenvalue weighted by Crippen LogP contribution is -2.37. The molecule has 1 saturated heterocycles. The molecule has 7 nitrogen and oxygen atoms in total. The minimum Gasteiger partial charge on any atom is -0.506 e. The van der Waals surface area contributed by atoms with Crippen LogP contribution in [0.3, 0.4) is 0 Å². The summed E-state index contributed by atoms with van der Waals surface area (Å²) in [6.07, 6.45) is -0.686. The molecule has 132 valence electrons. The number of halogens is 2. The molecule has 1 fully saturated rings. The first-order valence-electron chi connectivity index (χ1n) is 8.17. The summed E-state index contributed by atoms with van der Waals surface area (Å²) in [4.78, 5) is 10.5. The van der Waals surface area contributed by atoms with Gasteiger partial charge in [-0.2, -0.15) is 4.52 Å². The second-order valence-corrected chi connectivity index (χ2v) is 6.34. The fourth-order valence-corrected chi connectivity index (χ4v) is 3.45. The van der Waals surface area contributed by atoms with Crippen LogP contribution in [0.15, 0.2) is 18.2 Å². The van der Waals surface area contributed by atoms with Crippen LogP contribution in [-0.2, 0) is 0 Å². The van der Waals surface area contributed by atoms with Crippen LogP contribution >= 0.6 is 0 Å². The number of benzene rings is 1. The number of fused-ring (bicyclic) bond motifs is 3. The van der Waals surface area contributed by atoms with Gasteiger partial charge in [-0.05, 0) is 31.5 Å². The largest absolute Gasteiger partial charge is 0.506 e. The fraction of sp³-hybridized carbons (Fsp3) is 0.438. The number of nitrogen functional groups attached to an aromatic ring is 1. The Kier molecular flexibility index (Phi) is 3.87. The molecule has 1 unspecified atom stereocenters. The van der Waals surface area contributed by atoms with E-state index in [0.29, 0.717) is 35.5 Å². The number of phenolic OH excluding ortho intramolecular Hbond substituents is 1. The smallest absolute Gasteiger partial charge is 0.251 e. The van der Waals surface area contributed by atoms with Crippen molar-refractivity contribution < 1.29 is 13.9 Å². The van der Waals surface area contributed by atoms with Crippen LogP contribution in [0.4, 0.5) is 14.7 Å². The van der Waals surface area contributed by atoms with Gasteiger partial charge in [0, 0.05) is 17.8 Å². The Bertz CT molecular complexity index is 928. The van der Waals surface area contributed by atoms with Crippen molar-refractivity contribution >= 4 is 22.5 Å². The van der Waals surface area contributed by atoms with Crippen molar-refractivity contribution in [3.63, 3.8) is 0 Å². The van der Waals surface area contributed by atoms with Gasteiger partial charge in [0.1, 0.15) is 11.3 Å². The molecule has 0 aliphatic carbocycles. The number of likely N-dealkylation sites (tertiary alicyclic amines) is 1. The van der Waals surface area contributed by atoms with E-state index in [1.807, 2.05) is 0 Å². The molecule has 25 heavy (non-hydrogen) atoms. The van der Waals surface area contributed by atoms with Crippen LogP contribution in [0, 0.1) is 0 Å². The number of hydrogen-bond acceptors (Lipinski definition) is 6. The lowest BCUT2D eigenvalue weighted by atomic mass is 9.97. The minimum atomic E-state index is -2.35. The summed E-state index contributed by atoms with van der Waals surface area (Å²) in [7, 11) is 0. The number of nitrogens with two attached hydrogens (primary N) is 1. The van der Waals surface area contributed by atoms with E-state index < -0.39 is 6.43 Å². The highest BCUT2D eigenvalue weighted by atomic mass is 19.3. The van der Waals surface area contributed by atoms with Gasteiger partial charge in [0.2, 0.25) is 5.95 Å². The third-order valence-corrected chi connectivity index (χ3v) is 4.59. The summed E-state index contributed by atoms with van der Waals surface area (Å²) < 4.78 is 26.8. The number of aromatic nitrogens is 4. The number of rotatable bonds is 3. The van der Waals surface area contributed by atoms with Crippen LogP contribution in [0.25, 0.3) is 16.6 Å². The summed E-state index contributed by atoms with van der Waals surface area (Å²) in [6, 6.07) is 5.03. The third kappa shape index (κ3) is 2.84. The summed E-state index contributed by atoms with van der Waals surface area (Å²) in [5.74, 6) is 0.697. The summed E-state index contributed by atoms with van der Waals surface area (Å²) in [5, 5.41) is 15.1. The summed E-state index contributed by atoms with van der Waals surface area (Å²) in [6.45, 7) is 0.927. The molecule has 1 atom stereocenters. The maximum atomic E-state index is 12.7. The number of hydrogen-bond donors (Lipinski definition) is 2. The molecule has 0 radical (unpaired) electrons. The molecule has 3 N–H and O–H groups in total. The van der Waals surface area contributed by atoms with Gasteiger partial charge in [0.05, 0.1) is 6.54 Å². The van der Waals surface area contributed by atoms with Gasteiger partial charge in [-0.3, -0.25) is 4.90 Å². The van der Waals surface area contributed by atoms with Crippen molar-refractivity contribution in [2.24, 2.45) is 0 Å². The topological polar surface area (TPSA) is 92.6 Å². The first-order valence-corrected chi connectivity index (χ1v) is 8.17. The lowest BCUT2D eigenvalue weighted by Gasteiger charge is -2.30. The Morgan fingerprint density at radius 3 is 2.96 bits per heavy atom. The van der Waals surface area contributed by atoms with E-state index in [9.17, 15) is 13.9 Å². The van der Waals surface area contributed by atoms with Crippen LogP contribution < -0.4 is 5.73 Å². The van der Waals surface area contributed by atoms with Gasteiger partial charge in [-0.25, -0.2) is 18.7 Å². The van der Waals surface area contributed by atoms with Crippen LogP contribution in [0.2, 0.25) is 0 Å². The Hall–Kier alpha value is -2.55. The molecule has 0 bridgehead atoms. The molecule has 2 aromatic heterocycles. The number of alkyl halides is 2. The zero-order chi connectivity index (χ0) is 17.6. The molecule has 1 aliphatic heterocycles. The SMILES string of the molecule is Nc1nc2c(O)cccc2c2nc(C3CCCN(CC(F)F)C3)nn12. The van der Waals surface area contributed by atoms with Gasteiger partial charge in [-0.1, -0.05) is 6.07 Å². The molecule has 1 aromatic carbocycles. The highest BCUT2D eigenvalue weighted by molar-refractivity contribution is 5.95. The van der Waals surface area contributed by atoms with Crippen molar-refractivity contribution in [2.45, 2.75) is 25.2 Å². The molecular formula is C16H18F2N6O. The Morgan fingerprint density at radius 1 is 1.32 bits per heavy atom. The normalized spacial score (nSPS) is 19.2. The van der Waals surface area contributed by atoms with Crippen molar-refractivity contribution in [3.05, 3.63) is 24.0 Å². The molecular weight excluding hydrogens is 330 g/mol. The van der Waals surface area contributed by atoms with E-state index in [-0.39, 0.29) is 24.2 Å². The lowest BCUT2D eigenvalue weighted by molar-refractivity contribution is 0.0731. The van der Waals surface area contributed by atoms with Crippen molar-refractivity contribution in [2.75, 3.05) is 25.4 Å². The summed E-state index contributed by atoms with van der Waals surface area (Å²) >= 11 is 0. The molecule has 3 heterocycles. The number of para-hydroxylation sites is 1. The fourth-order valence-electron chi connectivity index (χ4n) is 3.45. The highest BCUT2D eigenvalue weighted by Crippen LogP contribution is 2.30. The average molecular weight is 348 g/mol. The van der Waals surface area contributed by atoms with E-state index >= 15 is 0 Å². The predicted molar refractivity (Wildman–Crippen MR) is 88.8 cm³/mol. The second-order valence-electron chi connectivity index (χ2n) is 6.34. The van der Waals surface area contributed by atoms with Crippen LogP contribution in [-0.4, -0.2) is 55.6 Å². The van der Waals surface area contributed by atoms with Crippen molar-refractivity contribution in [1.82, 2.24) is 24.5 Å². The number of phenols is 1. The zero-order valence-electron chi connectivity index (χ0n) is 13.4. The van der Waals surface area contributed by atoms with E-state index in [2.05, 4.69) is 15.1 Å². The molecule has 3 aromatic rings. The van der Waals surface area contributed by atoms with Gasteiger partial charge in [0.25, 0.3) is 6.43 Å². The van der Waals surface area contributed by atoms with Gasteiger partial charge < -0.3 is 10.8 Å². The van der Waals surface area contributed by atoms with Gasteiger partial charge >= 0.3 is 0 Å². The molecule has 4 rings (SSSR count). The summed E-state index contributed by atoms with van der Waals surface area (Å²) in [5.41, 5.74) is 6.84. The monoisotopic (exact) mass is 348 g/mol. The quantitative estimate of drug-likeness (QED) is 0.752. The maximum absolute atomic E-state index is 12.7. The second kappa shape index (κ2) is 6.07. The van der Waals surface area contributed by atoms with Crippen molar-refractivity contribution in [1.29, 1.82) is 0 Å². The zero-order valence-corrected chi connectivity index (χ0v) is 13.4. The molecule has 0 amide bonds. The van der Waals surface area contributed by atoms with Crippen LogP contribution in [0.1, 0.15) is 24.6 Å². The van der Waals surface area contributed by atoms with E-state index in [4.69, 9.17) is 5.73 Å². The number of anilines is 1. The van der Waals surface area contributed by atoms with E-state index in [1.54, 1.807) is 17.0 Å². The first-order chi connectivity index (χ1) is 12.0. The van der Waals surface area contributed by atoms with Gasteiger partial charge in [0.15, 0.2) is 11.5 Å². The van der Waals surface area contributed by atoms with Gasteiger partial charge in [-0.15, -0.1) is 5.10 Å². The number of nitrogens with zero attached hydrogens (tertiary/aromatic N) is 5. The molecule has 0 spiro atoms. The Morgan fingerprint density at radius 2 is 2.16 bits per heavy atom. The predicted octanol–water partition coefficient (Wildman–Crippen LogP) is 2.01. The first kappa shape index (κ1) is 15.9. The Balaban J connectivity index is 1.75. The molecule has 1 aliphatic rings. The number of piperidine rings is 1. The molecule has 0 saturated carbocycles. The maximum Gasteiger partial charge on any atom is 0.251 e. The Labute approximate surface area is 142 Å². The van der Waals surface area contributed by atoms with Crippen molar-refractivity contribution in [3.8, 4) is 5.75 Å². The third-order valence-electron chi connectivity index (χ3n) is 4.59. The standard InChI is InChI=1S/C16H18F2N6O/c17-12(18)8-23-6-2-3-9(7-23)14-21-15-10-4-1-5-11(25)13(10)20-16(19)24(15)22-14/h1,4-5,9,12,25H,2-3,6-8H2,(H2,19,20). The average Bonchev–Trinajstić information content (AvgIpc) is 3.02. The van der Waals surface area contributed by atoms with Crippen LogP contribution in [0.5, 0.6) is 5.75 Å². The molecule has 9 heteroatoms. The minimum absolute atomic E-state index is 0.0250. The number of aromatic hydroxyl groups is 1.